The fourth-order valence-electron chi connectivity index (χ4n) is 2.15. The third kappa shape index (κ3) is 5.79. The monoisotopic (exact) mass is 322 g/mol. The van der Waals surface area contributed by atoms with Crippen molar-refractivity contribution >= 4 is 22.9 Å². The largest absolute Gasteiger partial charge is 0.310 e. The van der Waals surface area contributed by atoms with E-state index in [-0.39, 0.29) is 0 Å². The number of hydrogen-bond donors (Lipinski definition) is 1. The number of nitrogens with one attached hydrogen (secondary N) is 1. The zero-order valence-electron chi connectivity index (χ0n) is 12.9. The van der Waals surface area contributed by atoms with Crippen LogP contribution in [-0.2, 0) is 19.6 Å². The lowest BCUT2D eigenvalue weighted by Crippen LogP contribution is -2.21. The SMILES string of the molecule is CC(C)NCc1ccc(CN(C)Cc2ccc(Cl)s2)cc1. The van der Waals surface area contributed by atoms with E-state index in [1.807, 2.05) is 6.07 Å². The van der Waals surface area contributed by atoms with Crippen molar-refractivity contribution < 1.29 is 0 Å². The van der Waals surface area contributed by atoms with Crippen LogP contribution < -0.4 is 5.32 Å². The molecule has 0 fully saturated rings. The van der Waals surface area contributed by atoms with Crippen molar-refractivity contribution in [2.75, 3.05) is 7.05 Å². The van der Waals surface area contributed by atoms with Crippen LogP contribution in [-0.4, -0.2) is 18.0 Å². The molecule has 2 rings (SSSR count). The normalized spacial score (nSPS) is 11.5. The van der Waals surface area contributed by atoms with E-state index in [1.165, 1.54) is 16.0 Å². The lowest BCUT2D eigenvalue weighted by atomic mass is 10.1. The molecule has 0 saturated heterocycles. The van der Waals surface area contributed by atoms with Crippen molar-refractivity contribution in [1.29, 1.82) is 0 Å². The van der Waals surface area contributed by atoms with Gasteiger partial charge < -0.3 is 5.32 Å². The summed E-state index contributed by atoms with van der Waals surface area (Å²) in [6, 6.07) is 13.4. The number of benzene rings is 1. The predicted octanol–water partition coefficient (Wildman–Crippen LogP) is 4.53. The molecule has 1 aromatic heterocycles. The average Bonchev–Trinajstić information content (AvgIpc) is 2.83. The molecule has 0 unspecified atom stereocenters. The first kappa shape index (κ1) is 16.5. The minimum atomic E-state index is 0.522. The average molecular weight is 323 g/mol. The minimum Gasteiger partial charge on any atom is -0.310 e. The van der Waals surface area contributed by atoms with Gasteiger partial charge in [-0.1, -0.05) is 49.7 Å². The Labute approximate surface area is 136 Å². The molecule has 21 heavy (non-hydrogen) atoms. The molecular formula is C17H23ClN2S. The second-order valence-corrected chi connectivity index (χ2v) is 7.53. The summed E-state index contributed by atoms with van der Waals surface area (Å²) in [5, 5.41) is 3.44. The van der Waals surface area contributed by atoms with Gasteiger partial charge in [0.05, 0.1) is 4.34 Å². The predicted molar refractivity (Wildman–Crippen MR) is 92.9 cm³/mol. The van der Waals surface area contributed by atoms with Gasteiger partial charge >= 0.3 is 0 Å². The van der Waals surface area contributed by atoms with Gasteiger partial charge in [-0.15, -0.1) is 11.3 Å². The van der Waals surface area contributed by atoms with E-state index in [9.17, 15) is 0 Å². The van der Waals surface area contributed by atoms with Gasteiger partial charge in [0, 0.05) is 30.6 Å². The van der Waals surface area contributed by atoms with Crippen molar-refractivity contribution in [3.8, 4) is 0 Å². The Kier molecular flexibility index (Phi) is 6.24. The highest BCUT2D eigenvalue weighted by Gasteiger charge is 2.04. The third-order valence-corrected chi connectivity index (χ3v) is 4.46. The van der Waals surface area contributed by atoms with Gasteiger partial charge in [0.2, 0.25) is 0 Å². The van der Waals surface area contributed by atoms with Gasteiger partial charge in [0.15, 0.2) is 0 Å². The van der Waals surface area contributed by atoms with Crippen LogP contribution in [0.3, 0.4) is 0 Å². The molecule has 1 heterocycles. The molecule has 2 nitrogen and oxygen atoms in total. The van der Waals surface area contributed by atoms with Crippen LogP contribution in [0.5, 0.6) is 0 Å². The lowest BCUT2D eigenvalue weighted by molar-refractivity contribution is 0.322. The maximum absolute atomic E-state index is 5.97. The summed E-state index contributed by atoms with van der Waals surface area (Å²) in [6.45, 7) is 7.16. The van der Waals surface area contributed by atoms with Gasteiger partial charge in [0.25, 0.3) is 0 Å². The fraction of sp³-hybridized carbons (Fsp3) is 0.412. The topological polar surface area (TPSA) is 15.3 Å². The molecule has 0 aliphatic rings. The molecule has 0 amide bonds. The summed E-state index contributed by atoms with van der Waals surface area (Å²) < 4.78 is 0.861. The second-order valence-electron chi connectivity index (χ2n) is 5.73. The fourth-order valence-corrected chi connectivity index (χ4v) is 3.32. The number of rotatable bonds is 7. The van der Waals surface area contributed by atoms with Crippen molar-refractivity contribution in [1.82, 2.24) is 10.2 Å². The summed E-state index contributed by atoms with van der Waals surface area (Å²) in [5.41, 5.74) is 2.67. The highest BCUT2D eigenvalue weighted by atomic mass is 35.5. The van der Waals surface area contributed by atoms with Gasteiger partial charge in [-0.05, 0) is 30.3 Å². The summed E-state index contributed by atoms with van der Waals surface area (Å²) in [5.74, 6) is 0. The van der Waals surface area contributed by atoms with Crippen LogP contribution in [0, 0.1) is 0 Å². The zero-order chi connectivity index (χ0) is 15.2. The van der Waals surface area contributed by atoms with E-state index in [1.54, 1.807) is 11.3 Å². The molecule has 0 saturated carbocycles. The van der Waals surface area contributed by atoms with E-state index in [2.05, 4.69) is 61.4 Å². The Hall–Kier alpha value is -0.870. The number of hydrogen-bond acceptors (Lipinski definition) is 3. The van der Waals surface area contributed by atoms with E-state index < -0.39 is 0 Å². The molecule has 1 aromatic carbocycles. The number of thiophene rings is 1. The molecule has 0 aliphatic carbocycles. The van der Waals surface area contributed by atoms with Crippen LogP contribution in [0.25, 0.3) is 0 Å². The van der Waals surface area contributed by atoms with Crippen molar-refractivity contribution in [2.45, 2.75) is 39.5 Å². The van der Waals surface area contributed by atoms with Crippen LogP contribution in [0.4, 0.5) is 0 Å². The highest BCUT2D eigenvalue weighted by molar-refractivity contribution is 7.16. The second kappa shape index (κ2) is 7.95. The van der Waals surface area contributed by atoms with E-state index >= 15 is 0 Å². The van der Waals surface area contributed by atoms with Gasteiger partial charge in [0.1, 0.15) is 0 Å². The first-order valence-electron chi connectivity index (χ1n) is 7.27. The van der Waals surface area contributed by atoms with Crippen molar-refractivity contribution in [3.05, 3.63) is 56.7 Å². The molecule has 114 valence electrons. The minimum absolute atomic E-state index is 0.522. The van der Waals surface area contributed by atoms with Crippen LogP contribution in [0.2, 0.25) is 4.34 Å². The lowest BCUT2D eigenvalue weighted by Gasteiger charge is -2.16. The maximum Gasteiger partial charge on any atom is 0.0931 e. The Morgan fingerprint density at radius 2 is 1.71 bits per heavy atom. The standard InChI is InChI=1S/C17H23ClN2S/c1-13(2)19-10-14-4-6-15(7-5-14)11-20(3)12-16-8-9-17(18)21-16/h4-9,13,19H,10-12H2,1-3H3. The first-order valence-corrected chi connectivity index (χ1v) is 8.46. The summed E-state index contributed by atoms with van der Waals surface area (Å²) >= 11 is 7.62. The molecular weight excluding hydrogens is 300 g/mol. The van der Waals surface area contributed by atoms with E-state index in [0.29, 0.717) is 6.04 Å². The quantitative estimate of drug-likeness (QED) is 0.805. The molecule has 1 N–H and O–H groups in total. The maximum atomic E-state index is 5.97. The van der Waals surface area contributed by atoms with Crippen LogP contribution in [0.15, 0.2) is 36.4 Å². The third-order valence-electron chi connectivity index (χ3n) is 3.24. The molecule has 2 aromatic rings. The molecule has 0 bridgehead atoms. The molecule has 0 radical (unpaired) electrons. The van der Waals surface area contributed by atoms with Crippen LogP contribution in [0.1, 0.15) is 29.9 Å². The number of halogens is 1. The number of nitrogens with zero attached hydrogens (tertiary/aromatic N) is 1. The Bertz CT molecular complexity index is 548. The smallest absolute Gasteiger partial charge is 0.0931 e. The van der Waals surface area contributed by atoms with E-state index in [4.69, 9.17) is 11.6 Å². The molecule has 0 aliphatic heterocycles. The molecule has 0 atom stereocenters. The van der Waals surface area contributed by atoms with Gasteiger partial charge in [-0.3, -0.25) is 4.90 Å². The Morgan fingerprint density at radius 1 is 1.05 bits per heavy atom. The molecule has 4 heteroatoms. The van der Waals surface area contributed by atoms with Gasteiger partial charge in [-0.2, -0.15) is 0 Å². The Morgan fingerprint density at radius 3 is 2.29 bits per heavy atom. The summed E-state index contributed by atoms with van der Waals surface area (Å²) in [6.07, 6.45) is 0. The summed E-state index contributed by atoms with van der Waals surface area (Å²) in [7, 11) is 2.14. The van der Waals surface area contributed by atoms with Gasteiger partial charge in [-0.25, -0.2) is 0 Å². The van der Waals surface area contributed by atoms with Crippen LogP contribution >= 0.6 is 22.9 Å². The van der Waals surface area contributed by atoms with Crippen molar-refractivity contribution in [2.24, 2.45) is 0 Å². The first-order chi connectivity index (χ1) is 10.0. The highest BCUT2D eigenvalue weighted by Crippen LogP contribution is 2.22. The summed E-state index contributed by atoms with van der Waals surface area (Å²) in [4.78, 5) is 3.61. The van der Waals surface area contributed by atoms with Crippen molar-refractivity contribution in [3.63, 3.8) is 0 Å². The van der Waals surface area contributed by atoms with E-state index in [0.717, 1.165) is 24.0 Å². The zero-order valence-corrected chi connectivity index (χ0v) is 14.5. The Balaban J connectivity index is 1.84. The molecule has 0 spiro atoms.